The Bertz CT molecular complexity index is 1000. The molecular weight excluding hydrogens is 399 g/mol. The van der Waals surface area contributed by atoms with Gasteiger partial charge in [0.1, 0.15) is 10.4 Å². The number of amides is 1. The molecule has 0 saturated carbocycles. The van der Waals surface area contributed by atoms with Crippen molar-refractivity contribution in [2.45, 2.75) is 48.9 Å². The average molecular weight is 419 g/mol. The first-order valence-electron chi connectivity index (χ1n) is 8.38. The molecule has 0 unspecified atom stereocenters. The van der Waals surface area contributed by atoms with Crippen LogP contribution in [0.1, 0.15) is 39.5 Å². The Hall–Kier alpha value is -1.87. The summed E-state index contributed by atoms with van der Waals surface area (Å²) < 4.78 is 47.5. The van der Waals surface area contributed by atoms with E-state index in [1.807, 2.05) is 20.8 Å². The van der Waals surface area contributed by atoms with Crippen LogP contribution in [-0.4, -0.2) is 47.6 Å². The van der Waals surface area contributed by atoms with Crippen LogP contribution in [0.25, 0.3) is 11.1 Å². The van der Waals surface area contributed by atoms with Gasteiger partial charge in [-0.15, -0.1) is 0 Å². The zero-order chi connectivity index (χ0) is 20.2. The number of halogens is 2. The lowest BCUT2D eigenvalue weighted by atomic mass is 9.97. The Labute approximate surface area is 161 Å². The van der Waals surface area contributed by atoms with Crippen molar-refractivity contribution in [1.82, 2.24) is 9.88 Å². The first kappa shape index (κ1) is 19.9. The van der Waals surface area contributed by atoms with Crippen LogP contribution in [0.3, 0.4) is 0 Å². The molecule has 0 spiro atoms. The summed E-state index contributed by atoms with van der Waals surface area (Å²) in [4.78, 5) is 15.9. The third-order valence-corrected chi connectivity index (χ3v) is 7.38. The molecule has 1 aliphatic rings. The number of alkyl halides is 1. The molecule has 2 aromatic rings. The summed E-state index contributed by atoms with van der Waals surface area (Å²) in [6.07, 6.45) is -2.16. The SMILES string of the molecule is CC(C)(C)c1nc2ccc(Cl)c(S(=O)(=O)C3(F)CCN(C(=O)O)CC3)c2o1. The molecule has 27 heavy (non-hydrogen) atoms. The fourth-order valence-electron chi connectivity index (χ4n) is 3.00. The summed E-state index contributed by atoms with van der Waals surface area (Å²) in [6, 6.07) is 2.87. The van der Waals surface area contributed by atoms with E-state index < -0.39 is 44.1 Å². The van der Waals surface area contributed by atoms with Gasteiger partial charge in [0.2, 0.25) is 20.7 Å². The van der Waals surface area contributed by atoms with Gasteiger partial charge in [0.25, 0.3) is 0 Å². The predicted molar refractivity (Wildman–Crippen MR) is 97.6 cm³/mol. The summed E-state index contributed by atoms with van der Waals surface area (Å²) in [7, 11) is -4.55. The van der Waals surface area contributed by atoms with Crippen molar-refractivity contribution in [1.29, 1.82) is 0 Å². The number of sulfone groups is 1. The molecular formula is C17H20ClFN2O5S. The number of rotatable bonds is 2. The van der Waals surface area contributed by atoms with Crippen LogP contribution in [-0.2, 0) is 15.3 Å². The molecule has 1 N–H and O–H groups in total. The molecule has 7 nitrogen and oxygen atoms in total. The maximum atomic E-state index is 15.5. The van der Waals surface area contributed by atoms with Crippen LogP contribution >= 0.6 is 11.6 Å². The molecule has 1 saturated heterocycles. The van der Waals surface area contributed by atoms with Crippen molar-refractivity contribution >= 4 is 38.6 Å². The molecule has 1 fully saturated rings. The quantitative estimate of drug-likeness (QED) is 0.791. The van der Waals surface area contributed by atoms with Crippen LogP contribution in [0.15, 0.2) is 21.4 Å². The maximum Gasteiger partial charge on any atom is 0.407 e. The lowest BCUT2D eigenvalue weighted by molar-refractivity contribution is 0.0998. The number of carbonyl (C=O) groups is 1. The number of likely N-dealkylation sites (tertiary alicyclic amines) is 1. The Morgan fingerprint density at radius 2 is 1.93 bits per heavy atom. The highest BCUT2D eigenvalue weighted by atomic mass is 35.5. The van der Waals surface area contributed by atoms with Gasteiger partial charge in [-0.2, -0.15) is 0 Å². The van der Waals surface area contributed by atoms with Crippen molar-refractivity contribution < 1.29 is 27.1 Å². The van der Waals surface area contributed by atoms with E-state index in [1.165, 1.54) is 12.1 Å². The zero-order valence-corrected chi connectivity index (χ0v) is 16.7. The smallest absolute Gasteiger partial charge is 0.407 e. The molecule has 1 aromatic carbocycles. The normalized spacial score (nSPS) is 18.0. The summed E-state index contributed by atoms with van der Waals surface area (Å²) in [5.41, 5.74) is -0.285. The van der Waals surface area contributed by atoms with Crippen molar-refractivity contribution in [3.63, 3.8) is 0 Å². The zero-order valence-electron chi connectivity index (χ0n) is 15.1. The highest BCUT2D eigenvalue weighted by molar-refractivity contribution is 7.93. The molecule has 0 bridgehead atoms. The fourth-order valence-corrected chi connectivity index (χ4v) is 5.25. The van der Waals surface area contributed by atoms with E-state index in [0.717, 1.165) is 4.90 Å². The molecule has 2 heterocycles. The minimum absolute atomic E-state index is 0.0786. The van der Waals surface area contributed by atoms with Gasteiger partial charge in [-0.05, 0) is 12.1 Å². The molecule has 1 aromatic heterocycles. The van der Waals surface area contributed by atoms with E-state index >= 15 is 4.39 Å². The number of carboxylic acid groups (broad SMARTS) is 1. The lowest BCUT2D eigenvalue weighted by Crippen LogP contribution is -2.48. The van der Waals surface area contributed by atoms with Gasteiger partial charge in [-0.25, -0.2) is 22.6 Å². The van der Waals surface area contributed by atoms with Crippen LogP contribution in [0.4, 0.5) is 9.18 Å². The first-order valence-corrected chi connectivity index (χ1v) is 10.2. The maximum absolute atomic E-state index is 15.5. The van der Waals surface area contributed by atoms with Crippen molar-refractivity contribution in [3.8, 4) is 0 Å². The Morgan fingerprint density at radius 3 is 2.44 bits per heavy atom. The highest BCUT2D eigenvalue weighted by Crippen LogP contribution is 2.43. The van der Waals surface area contributed by atoms with Crippen molar-refractivity contribution in [2.75, 3.05) is 13.1 Å². The van der Waals surface area contributed by atoms with Gasteiger partial charge >= 0.3 is 6.09 Å². The van der Waals surface area contributed by atoms with Gasteiger partial charge in [0, 0.05) is 31.3 Å². The Morgan fingerprint density at radius 1 is 1.33 bits per heavy atom. The topological polar surface area (TPSA) is 101 Å². The second-order valence-corrected chi connectivity index (χ2v) is 10.2. The van der Waals surface area contributed by atoms with E-state index in [2.05, 4.69) is 4.98 Å². The van der Waals surface area contributed by atoms with Crippen molar-refractivity contribution in [2.24, 2.45) is 0 Å². The number of fused-ring (bicyclic) bond motifs is 1. The summed E-state index contributed by atoms with van der Waals surface area (Å²) >= 11 is 6.13. The van der Waals surface area contributed by atoms with Crippen LogP contribution < -0.4 is 0 Å². The van der Waals surface area contributed by atoms with Gasteiger partial charge in [-0.3, -0.25) is 0 Å². The fraction of sp³-hybridized carbons (Fsp3) is 0.529. The average Bonchev–Trinajstić information content (AvgIpc) is 2.98. The number of hydrogen-bond acceptors (Lipinski definition) is 5. The van der Waals surface area contributed by atoms with E-state index in [0.29, 0.717) is 5.89 Å². The third-order valence-electron chi connectivity index (χ3n) is 4.64. The second-order valence-electron chi connectivity index (χ2n) is 7.65. The van der Waals surface area contributed by atoms with E-state index in [4.69, 9.17) is 21.1 Å². The third kappa shape index (κ3) is 3.27. The Balaban J connectivity index is 2.12. The summed E-state index contributed by atoms with van der Waals surface area (Å²) in [5.74, 6) is 0.310. The molecule has 10 heteroatoms. The largest absolute Gasteiger partial charge is 0.465 e. The number of aromatic nitrogens is 1. The summed E-state index contributed by atoms with van der Waals surface area (Å²) in [6.45, 7) is 5.12. The molecule has 0 atom stereocenters. The molecule has 0 radical (unpaired) electrons. The molecule has 1 amide bonds. The molecule has 3 rings (SSSR count). The molecule has 148 valence electrons. The van der Waals surface area contributed by atoms with Gasteiger partial charge in [-0.1, -0.05) is 32.4 Å². The van der Waals surface area contributed by atoms with Crippen LogP contribution in [0.5, 0.6) is 0 Å². The van der Waals surface area contributed by atoms with E-state index in [9.17, 15) is 13.2 Å². The standard InChI is InChI=1S/C17H20ClFN2O5S/c1-16(2,3)14-20-11-5-4-10(18)13(12(11)26-14)27(24,25)17(19)6-8-21(9-7-17)15(22)23/h4-5H,6-9H2,1-3H3,(H,22,23). The first-order chi connectivity index (χ1) is 12.4. The van der Waals surface area contributed by atoms with Gasteiger partial charge in [0.05, 0.1) is 5.02 Å². The molecule has 1 aliphatic heterocycles. The minimum Gasteiger partial charge on any atom is -0.465 e. The molecule has 0 aliphatic carbocycles. The van der Waals surface area contributed by atoms with Crippen LogP contribution in [0, 0.1) is 0 Å². The van der Waals surface area contributed by atoms with Crippen LogP contribution in [0.2, 0.25) is 5.02 Å². The summed E-state index contributed by atoms with van der Waals surface area (Å²) in [5, 5.41) is 6.21. The minimum atomic E-state index is -4.55. The van der Waals surface area contributed by atoms with Gasteiger partial charge in [0.15, 0.2) is 5.58 Å². The number of piperidine rings is 1. The number of hydrogen-bond donors (Lipinski definition) is 1. The predicted octanol–water partition coefficient (Wildman–Crippen LogP) is 3.99. The highest BCUT2D eigenvalue weighted by Gasteiger charge is 2.50. The van der Waals surface area contributed by atoms with Gasteiger partial charge < -0.3 is 14.4 Å². The van der Waals surface area contributed by atoms with E-state index in [-0.39, 0.29) is 29.2 Å². The monoisotopic (exact) mass is 418 g/mol. The number of oxazole rings is 1. The lowest BCUT2D eigenvalue weighted by Gasteiger charge is -2.34. The van der Waals surface area contributed by atoms with E-state index in [1.54, 1.807) is 0 Å². The second kappa shape index (κ2) is 6.34. The number of nitrogens with zero attached hydrogens (tertiary/aromatic N) is 2. The number of benzene rings is 1. The Kier molecular flexibility index (Phi) is 4.67. The van der Waals surface area contributed by atoms with Crippen molar-refractivity contribution in [3.05, 3.63) is 23.0 Å².